The van der Waals surface area contributed by atoms with Crippen LogP contribution in [0, 0.1) is 0 Å². The first-order valence-corrected chi connectivity index (χ1v) is 25.4. The van der Waals surface area contributed by atoms with Crippen LogP contribution in [-0.4, -0.2) is 117 Å². The molecule has 17 nitrogen and oxygen atoms in total. The number of carbonyl (C=O) groups is 4. The van der Waals surface area contributed by atoms with E-state index in [1.165, 1.54) is 51.0 Å². The van der Waals surface area contributed by atoms with E-state index < -0.39 is 49.9 Å². The van der Waals surface area contributed by atoms with Gasteiger partial charge in [-0.2, -0.15) is 8.61 Å². The maximum absolute atomic E-state index is 14.0. The zero-order valence-corrected chi connectivity index (χ0v) is 39.8. The quantitative estimate of drug-likeness (QED) is 0.164. The molecule has 2 atom stereocenters. The molecular weight excluding hydrogens is 937 g/mol. The summed E-state index contributed by atoms with van der Waals surface area (Å²) in [5.74, 6) is -0.171. The average Bonchev–Trinajstić information content (AvgIpc) is 4.11. The van der Waals surface area contributed by atoms with Crippen molar-refractivity contribution in [2.75, 3.05) is 46.1 Å². The number of ether oxygens (including phenoxy) is 2. The van der Waals surface area contributed by atoms with E-state index in [4.69, 9.17) is 13.9 Å². The minimum absolute atomic E-state index is 0.00559. The van der Waals surface area contributed by atoms with Crippen LogP contribution in [0.15, 0.2) is 172 Å². The van der Waals surface area contributed by atoms with E-state index in [9.17, 15) is 36.0 Å². The Morgan fingerprint density at radius 1 is 0.571 bits per heavy atom. The Morgan fingerprint density at radius 2 is 1.06 bits per heavy atom. The van der Waals surface area contributed by atoms with Gasteiger partial charge in [-0.15, -0.1) is 0 Å². The first kappa shape index (κ1) is 49.1. The molecule has 5 aromatic carbocycles. The van der Waals surface area contributed by atoms with Crippen molar-refractivity contribution in [3.63, 3.8) is 0 Å². The fourth-order valence-corrected chi connectivity index (χ4v) is 11.7. The molecule has 3 aliphatic heterocycles. The molecule has 19 heteroatoms. The van der Waals surface area contributed by atoms with Gasteiger partial charge in [-0.1, -0.05) is 103 Å². The van der Waals surface area contributed by atoms with Gasteiger partial charge in [-0.25, -0.2) is 16.8 Å². The molecule has 2 N–H and O–H groups in total. The van der Waals surface area contributed by atoms with E-state index >= 15 is 0 Å². The second-order valence-electron chi connectivity index (χ2n) is 16.6. The van der Waals surface area contributed by atoms with Crippen molar-refractivity contribution in [2.24, 2.45) is 0 Å². The van der Waals surface area contributed by atoms with Gasteiger partial charge in [-0.05, 0) is 65.2 Å². The molecular formula is C51H52N6O11S2. The second-order valence-corrected chi connectivity index (χ2v) is 20.4. The van der Waals surface area contributed by atoms with Gasteiger partial charge in [0.2, 0.25) is 50.5 Å². The molecule has 6 aromatic rings. The van der Waals surface area contributed by atoms with Crippen molar-refractivity contribution < 1.29 is 49.9 Å². The summed E-state index contributed by atoms with van der Waals surface area (Å²) in [6.07, 6.45) is 1.50. The molecule has 2 fully saturated rings. The Kier molecular flexibility index (Phi) is 15.4. The zero-order chi connectivity index (χ0) is 49.3. The number of nitrogens with zero attached hydrogens (tertiary/aromatic N) is 4. The third-order valence-corrected chi connectivity index (χ3v) is 16.0. The molecule has 0 radical (unpaired) electrons. The summed E-state index contributed by atoms with van der Waals surface area (Å²) in [7, 11) is -7.89. The van der Waals surface area contributed by atoms with Crippen molar-refractivity contribution in [1.82, 2.24) is 29.0 Å². The SMILES string of the molecule is CC(=O)N1CCN(S(=O)(=O)c2ccccc2)C(C(=O)NCc2ccc3c(c2)OCO3)C1.O=C(NCc1ccco1)C1CN(C(=O)C(c2ccccc2)c2ccccc2)CCN1S(=O)(=O)c1ccccc1. The molecule has 70 heavy (non-hydrogen) atoms. The summed E-state index contributed by atoms with van der Waals surface area (Å²) >= 11 is 0. The Labute approximate surface area is 406 Å². The summed E-state index contributed by atoms with van der Waals surface area (Å²) in [6.45, 7) is 2.17. The highest BCUT2D eigenvalue weighted by Gasteiger charge is 2.43. The maximum Gasteiger partial charge on any atom is 0.243 e. The molecule has 3 aliphatic rings. The van der Waals surface area contributed by atoms with Crippen molar-refractivity contribution in [3.05, 3.63) is 180 Å². The lowest BCUT2D eigenvalue weighted by atomic mass is 9.89. The standard InChI is InChI=1S/C30H29N3O5S.C21H23N3O6S/c34-29(31-21-25-15-10-20-38-25)27-22-32(18-19-33(27)39(36,37)26-16-8-3-9-17-26)30(35)28(23-11-4-1-5-12-23)24-13-6-2-7-14-24;1-15(25)23-9-10-24(31(27,28)17-5-3-2-4-6-17)18(13-23)21(26)22-12-16-7-8-19-20(11-16)30-14-29-19/h1-17,20,27-28H,18-19,21-22H2,(H,31,34);2-8,11,18H,9-10,12-14H2,1H3,(H,22,26). The van der Waals surface area contributed by atoms with Crippen LogP contribution >= 0.6 is 0 Å². The van der Waals surface area contributed by atoms with Crippen LogP contribution < -0.4 is 20.1 Å². The first-order valence-electron chi connectivity index (χ1n) is 22.6. The van der Waals surface area contributed by atoms with Gasteiger partial charge < -0.3 is 34.3 Å². The zero-order valence-electron chi connectivity index (χ0n) is 38.2. The summed E-state index contributed by atoms with van der Waals surface area (Å²) in [5, 5.41) is 5.58. The summed E-state index contributed by atoms with van der Waals surface area (Å²) in [6, 6.07) is 41.5. The molecule has 0 spiro atoms. The Morgan fingerprint density at radius 3 is 1.57 bits per heavy atom. The van der Waals surface area contributed by atoms with Crippen molar-refractivity contribution in [1.29, 1.82) is 0 Å². The Hall–Kier alpha value is -7.32. The highest BCUT2D eigenvalue weighted by Crippen LogP contribution is 2.33. The predicted octanol–water partition coefficient (Wildman–Crippen LogP) is 4.58. The minimum atomic E-state index is -3.99. The number of piperazine rings is 2. The normalized spacial score (nSPS) is 17.3. The van der Waals surface area contributed by atoms with Gasteiger partial charge in [0, 0.05) is 52.7 Å². The molecule has 0 saturated carbocycles. The van der Waals surface area contributed by atoms with E-state index in [-0.39, 0.29) is 80.8 Å². The monoisotopic (exact) mass is 988 g/mol. The number of hydrogen-bond donors (Lipinski definition) is 2. The van der Waals surface area contributed by atoms with Gasteiger partial charge in [0.15, 0.2) is 11.5 Å². The summed E-state index contributed by atoms with van der Waals surface area (Å²) in [5.41, 5.74) is 2.44. The number of furan rings is 1. The summed E-state index contributed by atoms with van der Waals surface area (Å²) in [4.78, 5) is 55.7. The molecule has 2 unspecified atom stereocenters. The fraction of sp³-hybridized carbons (Fsp3) is 0.255. The van der Waals surface area contributed by atoms with E-state index in [0.29, 0.717) is 17.3 Å². The molecule has 4 heterocycles. The van der Waals surface area contributed by atoms with Gasteiger partial charge in [-0.3, -0.25) is 19.2 Å². The number of carbonyl (C=O) groups excluding carboxylic acids is 4. The molecule has 0 bridgehead atoms. The van der Waals surface area contributed by atoms with Crippen LogP contribution in [-0.2, 0) is 52.3 Å². The minimum Gasteiger partial charge on any atom is -0.467 e. The van der Waals surface area contributed by atoms with Gasteiger partial charge in [0.05, 0.1) is 28.5 Å². The van der Waals surface area contributed by atoms with Crippen molar-refractivity contribution in [2.45, 2.75) is 47.8 Å². The largest absolute Gasteiger partial charge is 0.467 e. The molecule has 364 valence electrons. The van der Waals surface area contributed by atoms with E-state index in [1.54, 1.807) is 71.6 Å². The number of fused-ring (bicyclic) bond motifs is 1. The smallest absolute Gasteiger partial charge is 0.243 e. The number of sulfonamides is 2. The van der Waals surface area contributed by atoms with E-state index in [1.807, 2.05) is 60.7 Å². The molecule has 1 aromatic heterocycles. The number of nitrogens with one attached hydrogen (secondary N) is 2. The lowest BCUT2D eigenvalue weighted by Crippen LogP contribution is -2.61. The van der Waals surface area contributed by atoms with Crippen molar-refractivity contribution in [3.8, 4) is 11.5 Å². The lowest BCUT2D eigenvalue weighted by molar-refractivity contribution is -0.137. The molecule has 0 aliphatic carbocycles. The van der Waals surface area contributed by atoms with E-state index in [0.717, 1.165) is 16.7 Å². The molecule has 2 saturated heterocycles. The third kappa shape index (κ3) is 11.2. The first-order chi connectivity index (χ1) is 33.8. The van der Waals surface area contributed by atoms with Crippen LogP contribution in [0.25, 0.3) is 0 Å². The summed E-state index contributed by atoms with van der Waals surface area (Å²) < 4.78 is 71.9. The van der Waals surface area contributed by atoms with Crippen molar-refractivity contribution >= 4 is 43.7 Å². The van der Waals surface area contributed by atoms with Crippen LogP contribution in [0.5, 0.6) is 11.5 Å². The topological polar surface area (TPSA) is 205 Å². The second kappa shape index (κ2) is 22.0. The number of amides is 4. The fourth-order valence-electron chi connectivity index (χ4n) is 8.49. The Bertz CT molecular complexity index is 2950. The number of hydrogen-bond acceptors (Lipinski definition) is 11. The maximum atomic E-state index is 14.0. The van der Waals surface area contributed by atoms with Gasteiger partial charge in [0.1, 0.15) is 17.8 Å². The van der Waals surface area contributed by atoms with Gasteiger partial charge >= 0.3 is 0 Å². The van der Waals surface area contributed by atoms with E-state index in [2.05, 4.69) is 10.6 Å². The van der Waals surface area contributed by atoms with Crippen LogP contribution in [0.4, 0.5) is 0 Å². The third-order valence-electron chi connectivity index (χ3n) is 12.2. The number of rotatable bonds is 13. The van der Waals surface area contributed by atoms with Crippen LogP contribution in [0.1, 0.15) is 35.3 Å². The van der Waals surface area contributed by atoms with Gasteiger partial charge in [0.25, 0.3) is 0 Å². The highest BCUT2D eigenvalue weighted by atomic mass is 32.2. The molecule has 4 amide bonds. The van der Waals surface area contributed by atoms with Crippen LogP contribution in [0.3, 0.4) is 0 Å². The number of benzene rings is 5. The lowest BCUT2D eigenvalue weighted by Gasteiger charge is -2.40. The highest BCUT2D eigenvalue weighted by molar-refractivity contribution is 7.89. The average molecular weight is 989 g/mol. The Balaban J connectivity index is 0.000000193. The van der Waals surface area contributed by atoms with Crippen LogP contribution in [0.2, 0.25) is 0 Å². The molecule has 9 rings (SSSR count). The predicted molar refractivity (Wildman–Crippen MR) is 257 cm³/mol.